The summed E-state index contributed by atoms with van der Waals surface area (Å²) in [6.07, 6.45) is 1.79. The van der Waals surface area contributed by atoms with Crippen molar-refractivity contribution < 1.29 is 14.7 Å². The van der Waals surface area contributed by atoms with E-state index in [4.69, 9.17) is 0 Å². The van der Waals surface area contributed by atoms with Crippen LogP contribution < -0.4 is 10.4 Å². The number of aliphatic carboxylic acids is 1. The van der Waals surface area contributed by atoms with Gasteiger partial charge in [-0.05, 0) is 0 Å². The largest absolute Gasteiger partial charge is 0.548 e. The maximum atomic E-state index is 10.7. The normalized spacial score (nSPS) is 12.1. The van der Waals surface area contributed by atoms with Gasteiger partial charge in [-0.3, -0.25) is 9.78 Å². The van der Waals surface area contributed by atoms with E-state index < -0.39 is 12.0 Å². The number of nitrogens with zero attached hydrogens (tertiary/aromatic N) is 1. The Morgan fingerprint density at radius 3 is 2.86 bits per heavy atom. The molecule has 0 spiro atoms. The number of carboxylic acids is 1. The van der Waals surface area contributed by atoms with E-state index in [1.54, 1.807) is 11.7 Å². The molecule has 0 fully saturated rings. The van der Waals surface area contributed by atoms with Gasteiger partial charge in [0, 0.05) is 24.4 Å². The van der Waals surface area contributed by atoms with Crippen LogP contribution in [-0.4, -0.2) is 22.9 Å². The van der Waals surface area contributed by atoms with E-state index in [1.165, 1.54) is 18.3 Å². The lowest BCUT2D eigenvalue weighted by Crippen LogP contribution is -2.48. The van der Waals surface area contributed by atoms with E-state index in [1.807, 2.05) is 0 Å². The molecule has 1 aromatic rings. The van der Waals surface area contributed by atoms with Gasteiger partial charge in [0.15, 0.2) is 0 Å². The summed E-state index contributed by atoms with van der Waals surface area (Å²) in [7, 11) is 0. The third kappa shape index (κ3) is 3.14. The van der Waals surface area contributed by atoms with Crippen LogP contribution in [0.2, 0.25) is 0 Å². The summed E-state index contributed by atoms with van der Waals surface area (Å²) in [6, 6.07) is -0.979. The molecule has 1 N–H and O–H groups in total. The predicted molar refractivity (Wildman–Crippen MR) is 48.4 cm³/mol. The second kappa shape index (κ2) is 4.71. The second-order valence-corrected chi connectivity index (χ2v) is 3.71. The SMILES string of the molecule is CC(=O)NC(Cc1cncs1)C(=O)[O-]. The first-order valence-electron chi connectivity index (χ1n) is 3.95. The lowest BCUT2D eigenvalue weighted by atomic mass is 10.2. The number of hydrogen-bond acceptors (Lipinski definition) is 5. The van der Waals surface area contributed by atoms with Crippen LogP contribution in [0.25, 0.3) is 0 Å². The number of nitrogens with one attached hydrogen (secondary N) is 1. The van der Waals surface area contributed by atoms with Gasteiger partial charge in [0.1, 0.15) is 0 Å². The lowest BCUT2D eigenvalue weighted by molar-refractivity contribution is -0.308. The number of thiazole rings is 1. The zero-order valence-corrected chi connectivity index (χ0v) is 8.34. The van der Waals surface area contributed by atoms with Crippen molar-refractivity contribution in [3.05, 3.63) is 16.6 Å². The van der Waals surface area contributed by atoms with Crippen LogP contribution in [0.15, 0.2) is 11.7 Å². The van der Waals surface area contributed by atoms with Crippen LogP contribution in [0.4, 0.5) is 0 Å². The molecule has 14 heavy (non-hydrogen) atoms. The molecule has 1 amide bonds. The Balaban J connectivity index is 2.60. The van der Waals surface area contributed by atoms with Gasteiger partial charge in [-0.25, -0.2) is 0 Å². The van der Waals surface area contributed by atoms with Gasteiger partial charge in [-0.15, -0.1) is 11.3 Å². The van der Waals surface area contributed by atoms with E-state index in [9.17, 15) is 14.7 Å². The number of aromatic nitrogens is 1. The minimum Gasteiger partial charge on any atom is -0.548 e. The number of carbonyl (C=O) groups excluding carboxylic acids is 2. The molecule has 5 nitrogen and oxygen atoms in total. The number of carboxylic acid groups (broad SMARTS) is 1. The van der Waals surface area contributed by atoms with Crippen molar-refractivity contribution in [3.63, 3.8) is 0 Å². The molecule has 0 aliphatic carbocycles. The summed E-state index contributed by atoms with van der Waals surface area (Å²) in [6.45, 7) is 1.27. The van der Waals surface area contributed by atoms with Crippen LogP contribution in [0.5, 0.6) is 0 Å². The van der Waals surface area contributed by atoms with Crippen LogP contribution in [0, 0.1) is 0 Å². The highest BCUT2D eigenvalue weighted by Gasteiger charge is 2.12. The molecule has 1 atom stereocenters. The molecule has 0 aliphatic rings. The van der Waals surface area contributed by atoms with Gasteiger partial charge in [0.25, 0.3) is 0 Å². The Morgan fingerprint density at radius 2 is 2.43 bits per heavy atom. The Morgan fingerprint density at radius 1 is 1.71 bits per heavy atom. The molecule has 6 heteroatoms. The molecule has 1 aromatic heterocycles. The van der Waals surface area contributed by atoms with Gasteiger partial charge in [0.2, 0.25) is 5.91 Å². The number of amides is 1. The molecule has 1 heterocycles. The molecule has 0 saturated heterocycles. The van der Waals surface area contributed by atoms with Crippen molar-refractivity contribution in [2.75, 3.05) is 0 Å². The van der Waals surface area contributed by atoms with Crippen molar-refractivity contribution in [2.24, 2.45) is 0 Å². The summed E-state index contributed by atoms with van der Waals surface area (Å²) in [5.74, 6) is -1.67. The van der Waals surface area contributed by atoms with Crippen LogP contribution in [0.3, 0.4) is 0 Å². The maximum Gasteiger partial charge on any atom is 0.217 e. The van der Waals surface area contributed by atoms with Crippen LogP contribution in [-0.2, 0) is 16.0 Å². The molecular weight excluding hydrogens is 204 g/mol. The number of rotatable bonds is 4. The van der Waals surface area contributed by atoms with Crippen molar-refractivity contribution in [1.82, 2.24) is 10.3 Å². The summed E-state index contributed by atoms with van der Waals surface area (Å²) >= 11 is 1.34. The van der Waals surface area contributed by atoms with Gasteiger partial charge >= 0.3 is 0 Å². The Bertz CT molecular complexity index is 323. The van der Waals surface area contributed by atoms with Gasteiger partial charge in [0.05, 0.1) is 17.5 Å². The minimum atomic E-state index is -1.28. The van der Waals surface area contributed by atoms with Crippen molar-refractivity contribution >= 4 is 23.2 Å². The number of hydrogen-bond donors (Lipinski definition) is 1. The quantitative estimate of drug-likeness (QED) is 0.691. The molecule has 0 radical (unpaired) electrons. The topological polar surface area (TPSA) is 82.1 Å². The average molecular weight is 213 g/mol. The summed E-state index contributed by atoms with van der Waals surface area (Å²) in [5, 5.41) is 12.9. The van der Waals surface area contributed by atoms with E-state index in [0.717, 1.165) is 4.88 Å². The average Bonchev–Trinajstić information content (AvgIpc) is 2.54. The Kier molecular flexibility index (Phi) is 3.58. The standard InChI is InChI=1S/C8H10N2O3S/c1-5(11)10-7(8(12)13)2-6-3-9-4-14-6/h3-4,7H,2H2,1H3,(H,10,11)(H,12,13)/p-1. The summed E-state index contributed by atoms with van der Waals surface area (Å²) in [5.41, 5.74) is 1.61. The highest BCUT2D eigenvalue weighted by atomic mass is 32.1. The van der Waals surface area contributed by atoms with E-state index in [0.29, 0.717) is 0 Å². The van der Waals surface area contributed by atoms with Crippen LogP contribution in [0.1, 0.15) is 11.8 Å². The molecule has 0 aromatic carbocycles. The zero-order valence-electron chi connectivity index (χ0n) is 7.52. The number of carbonyl (C=O) groups is 2. The molecule has 76 valence electrons. The van der Waals surface area contributed by atoms with E-state index in [-0.39, 0.29) is 12.3 Å². The van der Waals surface area contributed by atoms with Gasteiger partial charge in [-0.2, -0.15) is 0 Å². The fourth-order valence-corrected chi connectivity index (χ4v) is 1.62. The molecule has 0 bridgehead atoms. The summed E-state index contributed by atoms with van der Waals surface area (Å²) < 4.78 is 0. The van der Waals surface area contributed by atoms with E-state index in [2.05, 4.69) is 10.3 Å². The summed E-state index contributed by atoms with van der Waals surface area (Å²) in [4.78, 5) is 25.9. The Hall–Kier alpha value is -1.43. The van der Waals surface area contributed by atoms with Crippen molar-refractivity contribution in [1.29, 1.82) is 0 Å². The molecule has 1 rings (SSSR count). The third-order valence-corrected chi connectivity index (χ3v) is 2.35. The maximum absolute atomic E-state index is 10.7. The fourth-order valence-electron chi connectivity index (χ4n) is 0.983. The highest BCUT2D eigenvalue weighted by molar-refractivity contribution is 7.09. The first-order valence-corrected chi connectivity index (χ1v) is 4.83. The Labute approximate surface area is 84.8 Å². The van der Waals surface area contributed by atoms with Gasteiger partial charge in [-0.1, -0.05) is 0 Å². The zero-order chi connectivity index (χ0) is 10.6. The molecular formula is C8H9N2O3S-. The van der Waals surface area contributed by atoms with Crippen LogP contribution >= 0.6 is 11.3 Å². The predicted octanol–water partition coefficient (Wildman–Crippen LogP) is -1.06. The van der Waals surface area contributed by atoms with Crippen molar-refractivity contribution in [2.45, 2.75) is 19.4 Å². The fraction of sp³-hybridized carbons (Fsp3) is 0.375. The van der Waals surface area contributed by atoms with Gasteiger partial charge < -0.3 is 15.2 Å². The smallest absolute Gasteiger partial charge is 0.217 e. The molecule has 0 aliphatic heterocycles. The highest BCUT2D eigenvalue weighted by Crippen LogP contribution is 2.08. The first kappa shape index (κ1) is 10.6. The lowest BCUT2D eigenvalue weighted by Gasteiger charge is -2.17. The minimum absolute atomic E-state index is 0.215. The molecule has 0 saturated carbocycles. The monoisotopic (exact) mass is 213 g/mol. The van der Waals surface area contributed by atoms with Crippen molar-refractivity contribution in [3.8, 4) is 0 Å². The third-order valence-electron chi connectivity index (χ3n) is 1.55. The van der Waals surface area contributed by atoms with E-state index >= 15 is 0 Å². The molecule has 1 unspecified atom stereocenters. The first-order chi connectivity index (χ1) is 6.59. The second-order valence-electron chi connectivity index (χ2n) is 2.74.